The summed E-state index contributed by atoms with van der Waals surface area (Å²) in [7, 11) is 1.61. The minimum absolute atomic E-state index is 0.0329. The predicted molar refractivity (Wildman–Crippen MR) is 76.6 cm³/mol. The van der Waals surface area contributed by atoms with Gasteiger partial charge in [-0.05, 0) is 19.9 Å². The number of hydrogen-bond acceptors (Lipinski definition) is 3. The maximum absolute atomic E-state index is 12.0. The summed E-state index contributed by atoms with van der Waals surface area (Å²) in [4.78, 5) is 12.0. The van der Waals surface area contributed by atoms with Crippen molar-refractivity contribution in [2.75, 3.05) is 7.11 Å². The molecule has 1 amide bonds. The zero-order chi connectivity index (χ0) is 14.5. The maximum atomic E-state index is 12.0. The Labute approximate surface area is 118 Å². The Bertz CT molecular complexity index is 605. The molecule has 2 N–H and O–H groups in total. The molecule has 0 aliphatic carbocycles. The van der Waals surface area contributed by atoms with E-state index in [9.17, 15) is 4.79 Å². The molecule has 0 spiro atoms. The molecule has 5 heteroatoms. The largest absolute Gasteiger partial charge is 0.496 e. The molecule has 0 atom stereocenters. The van der Waals surface area contributed by atoms with Crippen LogP contribution < -0.4 is 10.1 Å². The first-order chi connectivity index (χ1) is 9.60. The van der Waals surface area contributed by atoms with Crippen LogP contribution in [0.25, 0.3) is 0 Å². The molecule has 0 bridgehead atoms. The van der Waals surface area contributed by atoms with Crippen LogP contribution in [0.4, 0.5) is 0 Å². The van der Waals surface area contributed by atoms with Crippen LogP contribution in [0.5, 0.6) is 5.75 Å². The third-order valence-electron chi connectivity index (χ3n) is 3.20. The highest BCUT2D eigenvalue weighted by Crippen LogP contribution is 2.20. The number of hydrogen-bond donors (Lipinski definition) is 2. The summed E-state index contributed by atoms with van der Waals surface area (Å²) >= 11 is 0. The van der Waals surface area contributed by atoms with Gasteiger partial charge in [-0.15, -0.1) is 0 Å². The zero-order valence-corrected chi connectivity index (χ0v) is 12.0. The second kappa shape index (κ2) is 6.23. The fraction of sp³-hybridized carbons (Fsp3) is 0.333. The maximum Gasteiger partial charge on any atom is 0.224 e. The molecule has 0 aliphatic heterocycles. The Kier molecular flexibility index (Phi) is 4.40. The number of amides is 1. The van der Waals surface area contributed by atoms with Crippen molar-refractivity contribution in [2.45, 2.75) is 26.8 Å². The summed E-state index contributed by atoms with van der Waals surface area (Å²) in [6.07, 6.45) is 2.03. The number of nitrogens with zero attached hydrogens (tertiary/aromatic N) is 1. The highest BCUT2D eigenvalue weighted by Gasteiger charge is 2.09. The molecule has 1 aromatic heterocycles. The molecule has 0 radical (unpaired) electrons. The van der Waals surface area contributed by atoms with Crippen LogP contribution in [0.2, 0.25) is 0 Å². The van der Waals surface area contributed by atoms with Gasteiger partial charge in [0.15, 0.2) is 0 Å². The van der Waals surface area contributed by atoms with E-state index in [0.29, 0.717) is 13.0 Å². The Morgan fingerprint density at radius 2 is 2.15 bits per heavy atom. The van der Waals surface area contributed by atoms with E-state index in [1.165, 1.54) is 0 Å². The van der Waals surface area contributed by atoms with E-state index < -0.39 is 0 Å². The van der Waals surface area contributed by atoms with Gasteiger partial charge in [0.2, 0.25) is 5.91 Å². The lowest BCUT2D eigenvalue weighted by Gasteiger charge is -2.10. The monoisotopic (exact) mass is 273 g/mol. The number of benzene rings is 1. The van der Waals surface area contributed by atoms with Gasteiger partial charge in [0.1, 0.15) is 5.75 Å². The van der Waals surface area contributed by atoms with Gasteiger partial charge >= 0.3 is 0 Å². The third kappa shape index (κ3) is 3.38. The SMILES string of the molecule is COc1ccc(C)cc1CC(=O)NCc1cn[nH]c1C. The van der Waals surface area contributed by atoms with Gasteiger partial charge < -0.3 is 10.1 Å². The standard InChI is InChI=1S/C15H19N3O2/c1-10-4-5-14(20-3)12(6-10)7-15(19)16-8-13-9-17-18-11(13)2/h4-6,9H,7-8H2,1-3H3,(H,16,19)(H,17,18). The Balaban J connectivity index is 1.98. The molecule has 5 nitrogen and oxygen atoms in total. The first kappa shape index (κ1) is 14.1. The minimum atomic E-state index is -0.0329. The molecule has 2 rings (SSSR count). The minimum Gasteiger partial charge on any atom is -0.496 e. The Morgan fingerprint density at radius 1 is 1.35 bits per heavy atom. The molecular formula is C15H19N3O2. The molecule has 0 fully saturated rings. The average Bonchev–Trinajstić information content (AvgIpc) is 2.82. The lowest BCUT2D eigenvalue weighted by atomic mass is 10.1. The second-order valence-corrected chi connectivity index (χ2v) is 4.79. The van der Waals surface area contributed by atoms with Gasteiger partial charge in [-0.1, -0.05) is 17.7 Å². The summed E-state index contributed by atoms with van der Waals surface area (Å²) < 4.78 is 5.28. The fourth-order valence-corrected chi connectivity index (χ4v) is 2.03. The highest BCUT2D eigenvalue weighted by atomic mass is 16.5. The number of rotatable bonds is 5. The van der Waals surface area contributed by atoms with Crippen molar-refractivity contribution in [2.24, 2.45) is 0 Å². The average molecular weight is 273 g/mol. The van der Waals surface area contributed by atoms with Gasteiger partial charge in [0.05, 0.1) is 19.7 Å². The van der Waals surface area contributed by atoms with Gasteiger partial charge in [0, 0.05) is 23.4 Å². The molecule has 2 aromatic rings. The van der Waals surface area contributed by atoms with E-state index >= 15 is 0 Å². The molecular weight excluding hydrogens is 254 g/mol. The molecule has 106 valence electrons. The number of aromatic amines is 1. The van der Waals surface area contributed by atoms with Gasteiger partial charge in [-0.25, -0.2) is 0 Å². The van der Waals surface area contributed by atoms with Crippen LogP contribution >= 0.6 is 0 Å². The predicted octanol–water partition coefficient (Wildman–Crippen LogP) is 1.89. The van der Waals surface area contributed by atoms with Crippen LogP contribution in [0.15, 0.2) is 24.4 Å². The number of H-pyrrole nitrogens is 1. The van der Waals surface area contributed by atoms with Crippen molar-refractivity contribution in [3.63, 3.8) is 0 Å². The van der Waals surface area contributed by atoms with Crippen LogP contribution in [-0.4, -0.2) is 23.2 Å². The number of carbonyl (C=O) groups excluding carboxylic acids is 1. The van der Waals surface area contributed by atoms with E-state index in [0.717, 1.165) is 28.1 Å². The summed E-state index contributed by atoms with van der Waals surface area (Å²) in [5, 5.41) is 9.66. The van der Waals surface area contributed by atoms with E-state index in [-0.39, 0.29) is 5.91 Å². The summed E-state index contributed by atoms with van der Waals surface area (Å²) in [5.74, 6) is 0.708. The molecule has 1 heterocycles. The van der Waals surface area contributed by atoms with Crippen LogP contribution in [0, 0.1) is 13.8 Å². The number of nitrogens with one attached hydrogen (secondary N) is 2. The van der Waals surface area contributed by atoms with Crippen molar-refractivity contribution >= 4 is 5.91 Å². The molecule has 1 aromatic carbocycles. The number of aromatic nitrogens is 2. The van der Waals surface area contributed by atoms with Crippen molar-refractivity contribution < 1.29 is 9.53 Å². The number of carbonyl (C=O) groups is 1. The van der Waals surface area contributed by atoms with Crippen LogP contribution in [0.3, 0.4) is 0 Å². The highest BCUT2D eigenvalue weighted by molar-refractivity contribution is 5.79. The Morgan fingerprint density at radius 3 is 2.80 bits per heavy atom. The molecule has 0 aliphatic rings. The summed E-state index contributed by atoms with van der Waals surface area (Å²) in [5.41, 5.74) is 3.97. The Hall–Kier alpha value is -2.30. The van der Waals surface area contributed by atoms with Crippen LogP contribution in [-0.2, 0) is 17.8 Å². The smallest absolute Gasteiger partial charge is 0.224 e. The lowest BCUT2D eigenvalue weighted by molar-refractivity contribution is -0.120. The molecule has 0 unspecified atom stereocenters. The fourth-order valence-electron chi connectivity index (χ4n) is 2.03. The molecule has 0 saturated carbocycles. The third-order valence-corrected chi connectivity index (χ3v) is 3.20. The van der Waals surface area contributed by atoms with Gasteiger partial charge in [-0.2, -0.15) is 5.10 Å². The molecule has 0 saturated heterocycles. The lowest BCUT2D eigenvalue weighted by Crippen LogP contribution is -2.24. The number of ether oxygens (including phenoxy) is 1. The van der Waals surface area contributed by atoms with Crippen molar-refractivity contribution in [1.29, 1.82) is 0 Å². The first-order valence-corrected chi connectivity index (χ1v) is 6.49. The normalized spacial score (nSPS) is 10.3. The van der Waals surface area contributed by atoms with Crippen molar-refractivity contribution in [3.05, 3.63) is 46.8 Å². The van der Waals surface area contributed by atoms with Gasteiger partial charge in [-0.3, -0.25) is 9.89 Å². The first-order valence-electron chi connectivity index (χ1n) is 6.49. The number of aryl methyl sites for hydroxylation is 2. The zero-order valence-electron chi connectivity index (χ0n) is 12.0. The summed E-state index contributed by atoms with van der Waals surface area (Å²) in [6.45, 7) is 4.41. The van der Waals surface area contributed by atoms with Crippen LogP contribution in [0.1, 0.15) is 22.4 Å². The van der Waals surface area contributed by atoms with E-state index in [2.05, 4.69) is 15.5 Å². The van der Waals surface area contributed by atoms with E-state index in [1.54, 1.807) is 13.3 Å². The van der Waals surface area contributed by atoms with E-state index in [1.807, 2.05) is 32.0 Å². The quantitative estimate of drug-likeness (QED) is 0.874. The number of methoxy groups -OCH3 is 1. The van der Waals surface area contributed by atoms with Crippen molar-refractivity contribution in [3.8, 4) is 5.75 Å². The second-order valence-electron chi connectivity index (χ2n) is 4.79. The van der Waals surface area contributed by atoms with Gasteiger partial charge in [0.25, 0.3) is 0 Å². The summed E-state index contributed by atoms with van der Waals surface area (Å²) in [6, 6.07) is 5.83. The molecule has 20 heavy (non-hydrogen) atoms. The van der Waals surface area contributed by atoms with E-state index in [4.69, 9.17) is 4.74 Å². The van der Waals surface area contributed by atoms with Crippen molar-refractivity contribution in [1.82, 2.24) is 15.5 Å². The topological polar surface area (TPSA) is 67.0 Å².